The molecule has 0 unspecified atom stereocenters. The highest BCUT2D eigenvalue weighted by atomic mass is 16.4. The predicted molar refractivity (Wildman–Crippen MR) is 79.4 cm³/mol. The van der Waals surface area contributed by atoms with E-state index in [4.69, 9.17) is 5.11 Å². The van der Waals surface area contributed by atoms with Crippen LogP contribution < -0.4 is 5.56 Å². The fraction of sp³-hybridized carbons (Fsp3) is 0.400. The number of fused-ring (bicyclic) bond motifs is 1. The van der Waals surface area contributed by atoms with Crippen molar-refractivity contribution in [1.29, 1.82) is 0 Å². The first kappa shape index (κ1) is 15.2. The molecule has 0 aliphatic carbocycles. The number of rotatable bonds is 6. The van der Waals surface area contributed by atoms with Crippen molar-refractivity contribution in [2.24, 2.45) is 0 Å². The van der Waals surface area contributed by atoms with Crippen molar-refractivity contribution >= 4 is 11.6 Å². The number of hydrogen-bond donors (Lipinski definition) is 1. The Morgan fingerprint density at radius 3 is 2.86 bits per heavy atom. The second-order valence-corrected chi connectivity index (χ2v) is 5.12. The van der Waals surface area contributed by atoms with Crippen LogP contribution in [0.5, 0.6) is 0 Å². The third-order valence-corrected chi connectivity index (χ3v) is 3.14. The summed E-state index contributed by atoms with van der Waals surface area (Å²) in [6.07, 6.45) is 2.59. The summed E-state index contributed by atoms with van der Waals surface area (Å²) < 4.78 is 1.50. The third-order valence-electron chi connectivity index (χ3n) is 3.14. The molecule has 0 aliphatic rings. The fourth-order valence-corrected chi connectivity index (χ4v) is 2.29. The average Bonchev–Trinajstić information content (AvgIpc) is 2.39. The van der Waals surface area contributed by atoms with Crippen LogP contribution >= 0.6 is 0 Å². The average molecular weight is 289 g/mol. The van der Waals surface area contributed by atoms with E-state index in [1.165, 1.54) is 10.5 Å². The number of carboxylic acid groups (broad SMARTS) is 1. The molecular weight excluding hydrogens is 270 g/mol. The number of pyridine rings is 1. The molecule has 0 bridgehead atoms. The van der Waals surface area contributed by atoms with Gasteiger partial charge < -0.3 is 5.11 Å². The number of carboxylic acids is 1. The quantitative estimate of drug-likeness (QED) is 0.867. The summed E-state index contributed by atoms with van der Waals surface area (Å²) in [6.45, 7) is 4.86. The van der Waals surface area contributed by atoms with Gasteiger partial charge >= 0.3 is 5.97 Å². The summed E-state index contributed by atoms with van der Waals surface area (Å²) in [7, 11) is 0. The number of carbonyl (C=O) groups is 1. The second kappa shape index (κ2) is 6.49. The van der Waals surface area contributed by atoms with Crippen molar-refractivity contribution in [3.05, 3.63) is 46.0 Å². The van der Waals surface area contributed by atoms with Crippen molar-refractivity contribution in [3.63, 3.8) is 0 Å². The zero-order valence-electron chi connectivity index (χ0n) is 12.2. The van der Waals surface area contributed by atoms with E-state index < -0.39 is 5.97 Å². The normalized spacial score (nSPS) is 11.2. The molecule has 0 aromatic carbocycles. The van der Waals surface area contributed by atoms with Crippen molar-refractivity contribution in [2.45, 2.75) is 26.8 Å². The molecule has 0 fully saturated rings. The highest BCUT2D eigenvalue weighted by Crippen LogP contribution is 2.05. The molecule has 1 N–H and O–H groups in total. The molecule has 0 aliphatic heterocycles. The molecule has 6 nitrogen and oxygen atoms in total. The first-order valence-corrected chi connectivity index (χ1v) is 6.92. The minimum Gasteiger partial charge on any atom is -0.480 e. The molecule has 0 saturated heterocycles. The lowest BCUT2D eigenvalue weighted by molar-refractivity contribution is -0.138. The van der Waals surface area contributed by atoms with Gasteiger partial charge in [0, 0.05) is 18.8 Å². The van der Waals surface area contributed by atoms with Crippen molar-refractivity contribution in [2.75, 3.05) is 13.1 Å². The summed E-state index contributed by atoms with van der Waals surface area (Å²) in [5.74, 6) is -0.878. The van der Waals surface area contributed by atoms with Crippen LogP contribution in [0.2, 0.25) is 0 Å². The minimum absolute atomic E-state index is 0.0528. The van der Waals surface area contributed by atoms with Gasteiger partial charge in [0.05, 0.1) is 12.2 Å². The lowest BCUT2D eigenvalue weighted by atomic mass is 10.3. The van der Waals surface area contributed by atoms with Crippen molar-refractivity contribution in [1.82, 2.24) is 14.3 Å². The second-order valence-electron chi connectivity index (χ2n) is 5.12. The highest BCUT2D eigenvalue weighted by molar-refractivity contribution is 5.69. The van der Waals surface area contributed by atoms with Crippen molar-refractivity contribution < 1.29 is 9.90 Å². The fourth-order valence-electron chi connectivity index (χ4n) is 2.29. The van der Waals surface area contributed by atoms with Crippen LogP contribution in [0.4, 0.5) is 0 Å². The molecule has 2 heterocycles. The molecule has 0 spiro atoms. The van der Waals surface area contributed by atoms with Crippen molar-refractivity contribution in [3.8, 4) is 0 Å². The maximum absolute atomic E-state index is 12.1. The van der Waals surface area contributed by atoms with E-state index in [9.17, 15) is 9.59 Å². The zero-order chi connectivity index (χ0) is 15.4. The molecule has 21 heavy (non-hydrogen) atoms. The van der Waals surface area contributed by atoms with Gasteiger partial charge in [-0.2, -0.15) is 0 Å². The molecule has 112 valence electrons. The molecule has 0 atom stereocenters. The van der Waals surface area contributed by atoms with Gasteiger partial charge in [0.1, 0.15) is 5.65 Å². The monoisotopic (exact) mass is 289 g/mol. The van der Waals surface area contributed by atoms with Crippen LogP contribution in [-0.4, -0.2) is 38.4 Å². The summed E-state index contributed by atoms with van der Waals surface area (Å²) in [5.41, 5.74) is 2.01. The topological polar surface area (TPSA) is 74.9 Å². The van der Waals surface area contributed by atoms with E-state index >= 15 is 0 Å². The van der Waals surface area contributed by atoms with Crippen LogP contribution in [-0.2, 0) is 11.3 Å². The SMILES string of the molecule is CCCN(CC(=O)O)Cc1cc(=O)n2cc(C)ccc2n1. The molecule has 2 aromatic rings. The third kappa shape index (κ3) is 3.88. The predicted octanol–water partition coefficient (Wildman–Crippen LogP) is 1.30. The van der Waals surface area contributed by atoms with E-state index in [1.54, 1.807) is 17.2 Å². The molecule has 0 radical (unpaired) electrons. The summed E-state index contributed by atoms with van der Waals surface area (Å²) in [4.78, 5) is 29.2. The number of nitrogens with zero attached hydrogens (tertiary/aromatic N) is 3. The first-order chi connectivity index (χ1) is 9.99. The summed E-state index contributed by atoms with van der Waals surface area (Å²) in [5, 5.41) is 8.92. The van der Waals surface area contributed by atoms with Crippen LogP contribution in [0.25, 0.3) is 5.65 Å². The number of hydrogen-bond acceptors (Lipinski definition) is 4. The Kier molecular flexibility index (Phi) is 4.70. The Morgan fingerprint density at radius 1 is 1.43 bits per heavy atom. The van der Waals surface area contributed by atoms with E-state index in [2.05, 4.69) is 4.98 Å². The maximum atomic E-state index is 12.1. The van der Waals surface area contributed by atoms with Crippen LogP contribution in [0.15, 0.2) is 29.2 Å². The van der Waals surface area contributed by atoms with Gasteiger partial charge in [-0.05, 0) is 31.5 Å². The highest BCUT2D eigenvalue weighted by Gasteiger charge is 2.11. The number of aryl methyl sites for hydroxylation is 1. The van der Waals surface area contributed by atoms with Crippen LogP contribution in [0.3, 0.4) is 0 Å². The smallest absolute Gasteiger partial charge is 0.317 e. The molecule has 0 saturated carbocycles. The van der Waals surface area contributed by atoms with Gasteiger partial charge in [-0.15, -0.1) is 0 Å². The lowest BCUT2D eigenvalue weighted by Crippen LogP contribution is -2.31. The van der Waals surface area contributed by atoms with Gasteiger partial charge in [0.2, 0.25) is 0 Å². The largest absolute Gasteiger partial charge is 0.480 e. The van der Waals surface area contributed by atoms with Gasteiger partial charge in [0.15, 0.2) is 0 Å². The van der Waals surface area contributed by atoms with E-state index in [0.717, 1.165) is 12.0 Å². The van der Waals surface area contributed by atoms with Gasteiger partial charge in [-0.3, -0.25) is 18.9 Å². The molecule has 2 rings (SSSR count). The van der Waals surface area contributed by atoms with E-state index in [-0.39, 0.29) is 12.1 Å². The molecule has 0 amide bonds. The van der Waals surface area contributed by atoms with E-state index in [1.807, 2.05) is 19.9 Å². The van der Waals surface area contributed by atoms with Gasteiger partial charge in [0.25, 0.3) is 5.56 Å². The van der Waals surface area contributed by atoms with E-state index in [0.29, 0.717) is 24.4 Å². The Labute approximate surface area is 122 Å². The number of aliphatic carboxylic acids is 1. The Morgan fingerprint density at radius 2 is 2.19 bits per heavy atom. The Balaban J connectivity index is 2.31. The number of aromatic nitrogens is 2. The standard InChI is InChI=1S/C15H19N3O3/c1-3-6-17(10-15(20)21)9-12-7-14(19)18-8-11(2)4-5-13(18)16-12/h4-5,7-8H,3,6,9-10H2,1-2H3,(H,20,21). The summed E-state index contributed by atoms with van der Waals surface area (Å²) >= 11 is 0. The molecular formula is C15H19N3O3. The van der Waals surface area contributed by atoms with Crippen LogP contribution in [0.1, 0.15) is 24.6 Å². The molecule has 2 aromatic heterocycles. The lowest BCUT2D eigenvalue weighted by Gasteiger charge is -2.18. The van der Waals surface area contributed by atoms with Gasteiger partial charge in [-0.25, -0.2) is 4.98 Å². The Hall–Kier alpha value is -2.21. The summed E-state index contributed by atoms with van der Waals surface area (Å²) in [6, 6.07) is 5.16. The van der Waals surface area contributed by atoms with Crippen LogP contribution in [0, 0.1) is 6.92 Å². The van der Waals surface area contributed by atoms with Gasteiger partial charge in [-0.1, -0.05) is 13.0 Å². The minimum atomic E-state index is -0.878. The zero-order valence-corrected chi connectivity index (χ0v) is 12.2. The Bertz CT molecular complexity index is 709. The maximum Gasteiger partial charge on any atom is 0.317 e. The first-order valence-electron chi connectivity index (χ1n) is 6.92. The molecule has 6 heteroatoms.